The molecule has 0 radical (unpaired) electrons. The number of rotatable bonds is 7. The smallest absolute Gasteiger partial charge is 0.305 e. The molecule has 0 fully saturated rings. The predicted octanol–water partition coefficient (Wildman–Crippen LogP) is 1.19. The van der Waals surface area contributed by atoms with Gasteiger partial charge in [-0.05, 0) is 31.5 Å². The predicted molar refractivity (Wildman–Crippen MR) is 86.1 cm³/mol. The molecule has 8 nitrogen and oxygen atoms in total. The van der Waals surface area contributed by atoms with Crippen LogP contribution in [0.2, 0.25) is 0 Å². The van der Waals surface area contributed by atoms with E-state index in [-0.39, 0.29) is 18.7 Å². The van der Waals surface area contributed by atoms with E-state index in [1.54, 1.807) is 6.92 Å². The summed E-state index contributed by atoms with van der Waals surface area (Å²) in [6, 6.07) is 7.60. The fraction of sp³-hybridized carbons (Fsp3) is 0.375. The number of carbonyl (C=O) groups is 2. The fourth-order valence-corrected chi connectivity index (χ4v) is 2.39. The lowest BCUT2D eigenvalue weighted by atomic mass is 9.99. The molecule has 2 aromatic rings. The first kappa shape index (κ1) is 17.6. The second-order valence-electron chi connectivity index (χ2n) is 5.91. The molecule has 0 bridgehead atoms. The molecule has 0 saturated carbocycles. The molecule has 8 heteroatoms. The zero-order valence-corrected chi connectivity index (χ0v) is 13.8. The van der Waals surface area contributed by atoms with E-state index in [9.17, 15) is 9.59 Å². The molecule has 1 atom stereocenters. The Kier molecular flexibility index (Phi) is 5.30. The molecule has 128 valence electrons. The lowest BCUT2D eigenvalue weighted by Crippen LogP contribution is -2.50. The maximum absolute atomic E-state index is 12.4. The number of benzene rings is 1. The second-order valence-corrected chi connectivity index (χ2v) is 5.91. The Morgan fingerprint density at radius 3 is 2.79 bits per heavy atom. The van der Waals surface area contributed by atoms with Crippen LogP contribution >= 0.6 is 0 Å². The summed E-state index contributed by atoms with van der Waals surface area (Å²) in [6.45, 7) is 3.63. The van der Waals surface area contributed by atoms with E-state index in [1.165, 1.54) is 18.0 Å². The van der Waals surface area contributed by atoms with Gasteiger partial charge in [0.1, 0.15) is 0 Å². The Labute approximate surface area is 139 Å². The van der Waals surface area contributed by atoms with Crippen molar-refractivity contribution in [2.75, 3.05) is 13.7 Å². The third-order valence-electron chi connectivity index (χ3n) is 3.41. The van der Waals surface area contributed by atoms with Crippen LogP contribution in [0.3, 0.4) is 0 Å². The summed E-state index contributed by atoms with van der Waals surface area (Å²) in [4.78, 5) is 23.3. The maximum Gasteiger partial charge on any atom is 0.305 e. The fourth-order valence-electron chi connectivity index (χ4n) is 2.39. The van der Waals surface area contributed by atoms with Gasteiger partial charge in [-0.3, -0.25) is 9.59 Å². The van der Waals surface area contributed by atoms with Gasteiger partial charge in [-0.25, -0.2) is 4.68 Å². The molecule has 0 aliphatic carbocycles. The van der Waals surface area contributed by atoms with Crippen molar-refractivity contribution in [3.05, 3.63) is 41.7 Å². The molecule has 2 N–H and O–H groups in total. The molecule has 1 heterocycles. The minimum Gasteiger partial charge on any atom is -0.481 e. The summed E-state index contributed by atoms with van der Waals surface area (Å²) in [5.41, 5.74) is 0.907. The summed E-state index contributed by atoms with van der Waals surface area (Å²) >= 11 is 0. The van der Waals surface area contributed by atoms with Crippen LogP contribution in [0.25, 0.3) is 5.69 Å². The SMILES string of the molecule is COCC(C)(CC(=O)O)NC(=O)c1cn(-c2cccc(C)c2)nn1. The number of carboxylic acids is 1. The normalized spacial score (nSPS) is 13.3. The van der Waals surface area contributed by atoms with E-state index in [0.29, 0.717) is 0 Å². The van der Waals surface area contributed by atoms with Gasteiger partial charge in [-0.1, -0.05) is 17.3 Å². The van der Waals surface area contributed by atoms with Gasteiger partial charge < -0.3 is 15.2 Å². The zero-order valence-electron chi connectivity index (χ0n) is 13.8. The topological polar surface area (TPSA) is 106 Å². The lowest BCUT2D eigenvalue weighted by Gasteiger charge is -2.27. The average molecular weight is 332 g/mol. The number of hydrogen-bond donors (Lipinski definition) is 2. The average Bonchev–Trinajstić information content (AvgIpc) is 2.96. The van der Waals surface area contributed by atoms with Crippen LogP contribution in [0.4, 0.5) is 0 Å². The van der Waals surface area contributed by atoms with Gasteiger partial charge in [0.05, 0.1) is 30.5 Å². The zero-order chi connectivity index (χ0) is 17.7. The van der Waals surface area contributed by atoms with E-state index in [0.717, 1.165) is 11.3 Å². The number of aryl methyl sites for hydroxylation is 1. The van der Waals surface area contributed by atoms with Gasteiger partial charge in [0.25, 0.3) is 5.91 Å². The molecule has 0 spiro atoms. The highest BCUT2D eigenvalue weighted by molar-refractivity contribution is 5.92. The van der Waals surface area contributed by atoms with Gasteiger partial charge in [0.15, 0.2) is 5.69 Å². The Morgan fingerprint density at radius 2 is 2.17 bits per heavy atom. The van der Waals surface area contributed by atoms with Gasteiger partial charge in [0.2, 0.25) is 0 Å². The summed E-state index contributed by atoms with van der Waals surface area (Å²) in [6.07, 6.45) is 1.23. The Hall–Kier alpha value is -2.74. The first-order valence-electron chi connectivity index (χ1n) is 7.35. The Morgan fingerprint density at radius 1 is 1.42 bits per heavy atom. The first-order chi connectivity index (χ1) is 11.3. The van der Waals surface area contributed by atoms with Gasteiger partial charge >= 0.3 is 5.97 Å². The Balaban J connectivity index is 2.16. The van der Waals surface area contributed by atoms with E-state index >= 15 is 0 Å². The molecule has 1 amide bonds. The highest BCUT2D eigenvalue weighted by atomic mass is 16.5. The quantitative estimate of drug-likeness (QED) is 0.789. The van der Waals surface area contributed by atoms with Crippen molar-refractivity contribution in [2.45, 2.75) is 25.8 Å². The first-order valence-corrected chi connectivity index (χ1v) is 7.35. The number of hydrogen-bond acceptors (Lipinski definition) is 5. The second kappa shape index (κ2) is 7.22. The number of carboxylic acid groups (broad SMARTS) is 1. The molecule has 0 aliphatic rings. The third kappa shape index (κ3) is 4.39. The molecule has 0 aliphatic heterocycles. The van der Waals surface area contributed by atoms with Crippen molar-refractivity contribution in [2.24, 2.45) is 0 Å². The molecular formula is C16H20N4O4. The van der Waals surface area contributed by atoms with Crippen molar-refractivity contribution < 1.29 is 19.4 Å². The lowest BCUT2D eigenvalue weighted by molar-refractivity contribution is -0.139. The van der Waals surface area contributed by atoms with Gasteiger partial charge in [-0.2, -0.15) is 0 Å². The highest BCUT2D eigenvalue weighted by Gasteiger charge is 2.30. The summed E-state index contributed by atoms with van der Waals surface area (Å²) in [5.74, 6) is -1.53. The molecule has 1 aromatic carbocycles. The van der Waals surface area contributed by atoms with Crippen LogP contribution in [-0.2, 0) is 9.53 Å². The molecule has 24 heavy (non-hydrogen) atoms. The minimum atomic E-state index is -1.04. The number of amides is 1. The number of carbonyl (C=O) groups excluding carboxylic acids is 1. The van der Waals surface area contributed by atoms with E-state index in [2.05, 4.69) is 15.6 Å². The van der Waals surface area contributed by atoms with Crippen LogP contribution in [0.5, 0.6) is 0 Å². The van der Waals surface area contributed by atoms with Crippen LogP contribution in [0, 0.1) is 6.92 Å². The monoisotopic (exact) mass is 332 g/mol. The number of methoxy groups -OCH3 is 1. The maximum atomic E-state index is 12.4. The van der Waals surface area contributed by atoms with Gasteiger partial charge in [-0.15, -0.1) is 5.10 Å². The molecule has 1 aromatic heterocycles. The summed E-state index contributed by atoms with van der Waals surface area (Å²) in [5, 5.41) is 19.5. The van der Waals surface area contributed by atoms with E-state index < -0.39 is 17.4 Å². The number of aliphatic carboxylic acids is 1. The van der Waals surface area contributed by atoms with Crippen LogP contribution in [0.15, 0.2) is 30.5 Å². The van der Waals surface area contributed by atoms with Crippen molar-refractivity contribution in [1.82, 2.24) is 20.3 Å². The van der Waals surface area contributed by atoms with E-state index in [4.69, 9.17) is 9.84 Å². The van der Waals surface area contributed by atoms with Crippen molar-refractivity contribution in [1.29, 1.82) is 0 Å². The van der Waals surface area contributed by atoms with Crippen molar-refractivity contribution >= 4 is 11.9 Å². The summed E-state index contributed by atoms with van der Waals surface area (Å²) in [7, 11) is 1.44. The number of nitrogens with zero attached hydrogens (tertiary/aromatic N) is 3. The van der Waals surface area contributed by atoms with Crippen molar-refractivity contribution in [3.8, 4) is 5.69 Å². The largest absolute Gasteiger partial charge is 0.481 e. The van der Waals surface area contributed by atoms with Crippen molar-refractivity contribution in [3.63, 3.8) is 0 Å². The number of ether oxygens (including phenoxy) is 1. The molecule has 2 rings (SSSR count). The summed E-state index contributed by atoms with van der Waals surface area (Å²) < 4.78 is 6.51. The molecule has 0 saturated heterocycles. The van der Waals surface area contributed by atoms with Crippen LogP contribution in [-0.4, -0.2) is 51.2 Å². The minimum absolute atomic E-state index is 0.0665. The van der Waals surface area contributed by atoms with Crippen LogP contribution < -0.4 is 5.32 Å². The van der Waals surface area contributed by atoms with Crippen LogP contribution in [0.1, 0.15) is 29.4 Å². The highest BCUT2D eigenvalue weighted by Crippen LogP contribution is 2.13. The van der Waals surface area contributed by atoms with E-state index in [1.807, 2.05) is 31.2 Å². The molecular weight excluding hydrogens is 312 g/mol. The Bertz CT molecular complexity index is 743. The van der Waals surface area contributed by atoms with Gasteiger partial charge in [0, 0.05) is 7.11 Å². The standard InChI is InChI=1S/C16H20N4O4/c1-11-5-4-6-12(7-11)20-9-13(18-19-20)15(23)17-16(2,10-24-3)8-14(21)22/h4-7,9H,8,10H2,1-3H3,(H,17,23)(H,21,22). The molecule has 1 unspecified atom stereocenters. The third-order valence-corrected chi connectivity index (χ3v) is 3.41. The number of nitrogens with one attached hydrogen (secondary N) is 1. The number of aromatic nitrogens is 3.